The average molecular weight is 308 g/mol. The number of rotatable bonds is 3. The van der Waals surface area contributed by atoms with E-state index in [9.17, 15) is 5.26 Å². The van der Waals surface area contributed by atoms with Crippen LogP contribution in [0.1, 0.15) is 11.3 Å². The number of nitriles is 1. The van der Waals surface area contributed by atoms with Crippen molar-refractivity contribution >= 4 is 29.3 Å². The third-order valence-electron chi connectivity index (χ3n) is 2.55. The van der Waals surface area contributed by atoms with Crippen LogP contribution < -0.4 is 0 Å². The van der Waals surface area contributed by atoms with Crippen molar-refractivity contribution in [1.82, 2.24) is 10.1 Å². The van der Waals surface area contributed by atoms with Gasteiger partial charge in [-0.25, -0.2) is 0 Å². The second kappa shape index (κ2) is 6.00. The van der Waals surface area contributed by atoms with Crippen molar-refractivity contribution in [2.24, 2.45) is 0 Å². The molecule has 0 saturated heterocycles. The Morgan fingerprint density at radius 1 is 1.30 bits per heavy atom. The Labute approximate surface area is 126 Å². The number of halogens is 2. The van der Waals surface area contributed by atoms with Gasteiger partial charge in [0.25, 0.3) is 0 Å². The van der Waals surface area contributed by atoms with E-state index in [1.165, 1.54) is 0 Å². The Bertz CT molecular complexity index is 679. The minimum Gasteiger partial charge on any atom is -0.383 e. The van der Waals surface area contributed by atoms with E-state index in [2.05, 4.69) is 11.2 Å². The molecule has 102 valence electrons. The van der Waals surface area contributed by atoms with Crippen LogP contribution in [-0.2, 0) is 0 Å². The molecule has 0 aliphatic heterocycles. The Balaban J connectivity index is 2.57. The molecule has 0 fully saturated rings. The molecule has 0 atom stereocenters. The molecule has 0 aliphatic carbocycles. The summed E-state index contributed by atoms with van der Waals surface area (Å²) in [5.74, 6) is 0.368. The summed E-state index contributed by atoms with van der Waals surface area (Å²) in [6, 6.07) is 7.18. The van der Waals surface area contributed by atoms with Crippen LogP contribution in [0.4, 0.5) is 0 Å². The molecule has 4 nitrogen and oxygen atoms in total. The first-order chi connectivity index (χ1) is 9.54. The van der Waals surface area contributed by atoms with E-state index in [1.54, 1.807) is 30.5 Å². The molecule has 0 amide bonds. The maximum absolute atomic E-state index is 9.31. The second-order valence-corrected chi connectivity index (χ2v) is 5.07. The summed E-state index contributed by atoms with van der Waals surface area (Å²) in [6.07, 6.45) is 3.43. The van der Waals surface area contributed by atoms with Crippen molar-refractivity contribution in [1.29, 1.82) is 5.26 Å². The van der Waals surface area contributed by atoms with Gasteiger partial charge in [0.2, 0.25) is 0 Å². The molecule has 6 heteroatoms. The van der Waals surface area contributed by atoms with Gasteiger partial charge in [0.05, 0.1) is 10.0 Å². The molecule has 0 spiro atoms. The van der Waals surface area contributed by atoms with Crippen molar-refractivity contribution in [2.45, 2.75) is 0 Å². The van der Waals surface area contributed by atoms with Crippen LogP contribution >= 0.6 is 23.2 Å². The lowest BCUT2D eigenvalue weighted by atomic mass is 10.1. The fourth-order valence-corrected chi connectivity index (χ4v) is 2.21. The molecular formula is C14H11Cl2N3O. The van der Waals surface area contributed by atoms with Gasteiger partial charge >= 0.3 is 0 Å². The highest BCUT2D eigenvalue weighted by Crippen LogP contribution is 2.36. The molecule has 1 aromatic carbocycles. The van der Waals surface area contributed by atoms with Crippen molar-refractivity contribution in [3.05, 3.63) is 45.8 Å². The first-order valence-electron chi connectivity index (χ1n) is 5.73. The quantitative estimate of drug-likeness (QED) is 0.858. The van der Waals surface area contributed by atoms with Crippen molar-refractivity contribution in [3.63, 3.8) is 0 Å². The van der Waals surface area contributed by atoms with Crippen LogP contribution in [0.25, 0.3) is 17.3 Å². The van der Waals surface area contributed by atoms with E-state index in [0.717, 1.165) is 0 Å². The fraction of sp³-hybridized carbons (Fsp3) is 0.143. The van der Waals surface area contributed by atoms with E-state index >= 15 is 0 Å². The van der Waals surface area contributed by atoms with Crippen LogP contribution in [0.2, 0.25) is 10.0 Å². The van der Waals surface area contributed by atoms with E-state index in [0.29, 0.717) is 32.6 Å². The highest BCUT2D eigenvalue weighted by atomic mass is 35.5. The Morgan fingerprint density at radius 2 is 1.95 bits per heavy atom. The van der Waals surface area contributed by atoms with Gasteiger partial charge in [0, 0.05) is 31.9 Å². The standard InChI is InChI=1S/C14H11Cl2N3O/c1-19(2)7-6-12-9(8-17)14(18-20-12)13-10(15)4-3-5-11(13)16/h3-7H,1-2H3. The van der Waals surface area contributed by atoms with Gasteiger partial charge in [0.15, 0.2) is 5.76 Å². The fourth-order valence-electron chi connectivity index (χ4n) is 1.64. The zero-order valence-corrected chi connectivity index (χ0v) is 12.4. The molecule has 1 aromatic heterocycles. The van der Waals surface area contributed by atoms with Crippen molar-refractivity contribution in [2.75, 3.05) is 14.1 Å². The van der Waals surface area contributed by atoms with Gasteiger partial charge in [-0.15, -0.1) is 0 Å². The summed E-state index contributed by atoms with van der Waals surface area (Å²) < 4.78 is 5.20. The molecule has 2 aromatic rings. The summed E-state index contributed by atoms with van der Waals surface area (Å²) in [7, 11) is 3.73. The average Bonchev–Trinajstić information content (AvgIpc) is 2.79. The van der Waals surface area contributed by atoms with Gasteiger partial charge in [0.1, 0.15) is 17.3 Å². The first-order valence-corrected chi connectivity index (χ1v) is 6.49. The second-order valence-electron chi connectivity index (χ2n) is 4.26. The summed E-state index contributed by atoms with van der Waals surface area (Å²) >= 11 is 12.3. The predicted molar refractivity (Wildman–Crippen MR) is 79.4 cm³/mol. The van der Waals surface area contributed by atoms with Gasteiger partial charge in [-0.1, -0.05) is 34.4 Å². The van der Waals surface area contributed by atoms with Crippen LogP contribution in [0, 0.1) is 11.3 Å². The number of hydrogen-bond acceptors (Lipinski definition) is 4. The first kappa shape index (κ1) is 14.4. The monoisotopic (exact) mass is 307 g/mol. The summed E-state index contributed by atoms with van der Waals surface area (Å²) in [5, 5.41) is 14.1. The van der Waals surface area contributed by atoms with Gasteiger partial charge in [-0.05, 0) is 12.1 Å². The van der Waals surface area contributed by atoms with Crippen LogP contribution in [0.5, 0.6) is 0 Å². The lowest BCUT2D eigenvalue weighted by Crippen LogP contribution is -1.99. The molecule has 1 heterocycles. The minimum atomic E-state index is 0.304. The zero-order chi connectivity index (χ0) is 14.7. The van der Waals surface area contributed by atoms with Crippen molar-refractivity contribution < 1.29 is 4.52 Å². The largest absolute Gasteiger partial charge is 0.383 e. The third kappa shape index (κ3) is 2.79. The van der Waals surface area contributed by atoms with Crippen LogP contribution in [0.3, 0.4) is 0 Å². The molecule has 20 heavy (non-hydrogen) atoms. The minimum absolute atomic E-state index is 0.304. The maximum Gasteiger partial charge on any atom is 0.179 e. The molecule has 0 bridgehead atoms. The normalized spacial score (nSPS) is 10.8. The highest BCUT2D eigenvalue weighted by Gasteiger charge is 2.20. The molecule has 0 aliphatic rings. The number of benzene rings is 1. The van der Waals surface area contributed by atoms with Gasteiger partial charge in [-0.2, -0.15) is 5.26 Å². The lowest BCUT2D eigenvalue weighted by Gasteiger charge is -2.03. The molecule has 0 N–H and O–H groups in total. The Morgan fingerprint density at radius 3 is 2.50 bits per heavy atom. The predicted octanol–water partition coefficient (Wildman–Crippen LogP) is 4.05. The summed E-state index contributed by atoms with van der Waals surface area (Å²) in [5.41, 5.74) is 1.15. The SMILES string of the molecule is CN(C)C=Cc1onc(-c2c(Cl)cccc2Cl)c1C#N. The van der Waals surface area contributed by atoms with Gasteiger partial charge in [-0.3, -0.25) is 0 Å². The smallest absolute Gasteiger partial charge is 0.179 e. The molecule has 0 unspecified atom stereocenters. The zero-order valence-electron chi connectivity index (χ0n) is 10.9. The number of aromatic nitrogens is 1. The Hall–Kier alpha value is -1.96. The number of nitrogens with zero attached hydrogens (tertiary/aromatic N) is 3. The van der Waals surface area contributed by atoms with Crippen LogP contribution in [0.15, 0.2) is 28.9 Å². The van der Waals surface area contributed by atoms with E-state index in [-0.39, 0.29) is 0 Å². The summed E-state index contributed by atoms with van der Waals surface area (Å²) in [6.45, 7) is 0. The van der Waals surface area contributed by atoms with Crippen molar-refractivity contribution in [3.8, 4) is 17.3 Å². The molecule has 0 radical (unpaired) electrons. The summed E-state index contributed by atoms with van der Waals surface area (Å²) in [4.78, 5) is 1.83. The molecule has 2 rings (SSSR count). The van der Waals surface area contributed by atoms with E-state index in [4.69, 9.17) is 27.7 Å². The topological polar surface area (TPSA) is 53.1 Å². The van der Waals surface area contributed by atoms with E-state index in [1.807, 2.05) is 19.0 Å². The lowest BCUT2D eigenvalue weighted by molar-refractivity contribution is 0.414. The maximum atomic E-state index is 9.31. The van der Waals surface area contributed by atoms with E-state index < -0.39 is 0 Å². The molecular weight excluding hydrogens is 297 g/mol. The number of hydrogen-bond donors (Lipinski definition) is 0. The van der Waals surface area contributed by atoms with Gasteiger partial charge < -0.3 is 9.42 Å². The highest BCUT2D eigenvalue weighted by molar-refractivity contribution is 6.39. The molecule has 0 saturated carbocycles. The third-order valence-corrected chi connectivity index (χ3v) is 3.18. The Kier molecular flexibility index (Phi) is 4.33. The van der Waals surface area contributed by atoms with Crippen LogP contribution in [-0.4, -0.2) is 24.2 Å².